The van der Waals surface area contributed by atoms with Crippen molar-refractivity contribution in [1.82, 2.24) is 0 Å². The summed E-state index contributed by atoms with van der Waals surface area (Å²) >= 11 is 0. The van der Waals surface area contributed by atoms with Crippen LogP contribution in [0.25, 0.3) is 5.57 Å². The van der Waals surface area contributed by atoms with Crippen molar-refractivity contribution in [2.24, 2.45) is 4.99 Å². The summed E-state index contributed by atoms with van der Waals surface area (Å²) in [7, 11) is 0. The Balaban J connectivity index is 0.00000144. The van der Waals surface area contributed by atoms with Crippen LogP contribution in [-0.4, -0.2) is 17.3 Å². The van der Waals surface area contributed by atoms with E-state index in [1.165, 1.54) is 0 Å². The number of benzene rings is 1. The van der Waals surface area contributed by atoms with Gasteiger partial charge in [-0.15, -0.1) is 0 Å². The fraction of sp³-hybridized carbons (Fsp3) is 0.154. The molecule has 0 unspecified atom stereocenters. The van der Waals surface area contributed by atoms with Crippen LogP contribution in [0.4, 0.5) is 0 Å². The molecule has 17 heavy (non-hydrogen) atoms. The Morgan fingerprint density at radius 2 is 1.59 bits per heavy atom. The van der Waals surface area contributed by atoms with E-state index in [9.17, 15) is 0 Å². The number of allylic oxidation sites excluding steroid dienone is 1. The molecule has 0 aliphatic carbocycles. The summed E-state index contributed by atoms with van der Waals surface area (Å²) in [4.78, 5) is 4.04. The van der Waals surface area contributed by atoms with E-state index in [1.54, 1.807) is 0 Å². The molecule has 0 atom stereocenters. The maximum absolute atomic E-state index is 7.92. The summed E-state index contributed by atoms with van der Waals surface area (Å²) < 4.78 is 0. The third-order valence-electron chi connectivity index (χ3n) is 2.75. The minimum atomic E-state index is 0. The predicted octanol–water partition coefficient (Wildman–Crippen LogP) is 2.93. The smallest absolute Gasteiger partial charge is 0.170 e. The van der Waals surface area contributed by atoms with Gasteiger partial charge in [0.15, 0.2) is 5.84 Å². The van der Waals surface area contributed by atoms with Crippen LogP contribution < -0.4 is 0 Å². The van der Waals surface area contributed by atoms with Gasteiger partial charge in [0.1, 0.15) is 5.71 Å². The van der Waals surface area contributed by atoms with Gasteiger partial charge in [0.25, 0.3) is 0 Å². The molecule has 1 aromatic carbocycles. The first-order valence-corrected chi connectivity index (χ1v) is 5.11. The monoisotopic (exact) mass is 267 g/mol. The molecule has 0 radical (unpaired) electrons. The number of nitrogens with one attached hydrogen (secondary N) is 2. The molecule has 0 fully saturated rings. The quantitative estimate of drug-likeness (QED) is 0.735. The minimum Gasteiger partial charge on any atom is -0.296 e. The Bertz CT molecular complexity index is 527. The zero-order valence-corrected chi connectivity index (χ0v) is 10.8. The van der Waals surface area contributed by atoms with Gasteiger partial charge in [0.2, 0.25) is 0 Å². The molecule has 0 spiro atoms. The van der Waals surface area contributed by atoms with Crippen LogP contribution in [0.5, 0.6) is 0 Å². The summed E-state index contributed by atoms with van der Waals surface area (Å²) in [5, 5.41) is 15.6. The molecule has 0 aromatic heterocycles. The molecule has 0 bridgehead atoms. The molecule has 88 valence electrons. The van der Waals surface area contributed by atoms with Crippen LogP contribution in [-0.2, 0) is 17.1 Å². The van der Waals surface area contributed by atoms with Crippen molar-refractivity contribution in [3.05, 3.63) is 41.5 Å². The summed E-state index contributed by atoms with van der Waals surface area (Å²) in [5.41, 5.74) is 3.79. The van der Waals surface area contributed by atoms with Crippen molar-refractivity contribution in [3.8, 4) is 0 Å². The minimum absolute atomic E-state index is 0. The van der Waals surface area contributed by atoms with Crippen LogP contribution in [0.3, 0.4) is 0 Å². The topological polar surface area (TPSA) is 60.1 Å². The zero-order chi connectivity index (χ0) is 11.7. The molecule has 1 aliphatic heterocycles. The van der Waals surface area contributed by atoms with E-state index < -0.39 is 0 Å². The molecule has 1 aromatic rings. The summed E-state index contributed by atoms with van der Waals surface area (Å²) in [6.45, 7) is 3.82. The van der Waals surface area contributed by atoms with Gasteiger partial charge in [-0.25, -0.2) is 4.99 Å². The van der Waals surface area contributed by atoms with Gasteiger partial charge < -0.3 is 0 Å². The van der Waals surface area contributed by atoms with Gasteiger partial charge in [-0.1, -0.05) is 30.3 Å². The van der Waals surface area contributed by atoms with Gasteiger partial charge >= 0.3 is 0 Å². The molecular formula is C13H13FeN3. The average Bonchev–Trinajstić information content (AvgIpc) is 2.28. The summed E-state index contributed by atoms with van der Waals surface area (Å²) in [5.74, 6) is 0.0435. The first-order valence-electron chi connectivity index (χ1n) is 5.11. The molecule has 1 aliphatic rings. The molecule has 2 rings (SSSR count). The number of aliphatic imine (C=N–C) groups is 1. The van der Waals surface area contributed by atoms with Crippen molar-refractivity contribution < 1.29 is 17.1 Å². The maximum atomic E-state index is 7.92. The van der Waals surface area contributed by atoms with E-state index in [-0.39, 0.29) is 28.6 Å². The maximum Gasteiger partial charge on any atom is 0.170 e. The van der Waals surface area contributed by atoms with Gasteiger partial charge in [0, 0.05) is 28.4 Å². The van der Waals surface area contributed by atoms with E-state index in [4.69, 9.17) is 10.8 Å². The van der Waals surface area contributed by atoms with E-state index in [0.29, 0.717) is 0 Å². The average molecular weight is 267 g/mol. The molecular weight excluding hydrogens is 254 g/mol. The zero-order valence-electron chi connectivity index (χ0n) is 9.69. The summed E-state index contributed by atoms with van der Waals surface area (Å²) in [6, 6.07) is 9.73. The SMILES string of the molecule is CC1=NC(=N)C(=N)C(c2ccccc2)=C1C.[Fe]. The van der Waals surface area contributed by atoms with Crippen LogP contribution >= 0.6 is 0 Å². The Hall–Kier alpha value is -1.51. The number of rotatable bonds is 1. The number of dihydropyridines is 1. The van der Waals surface area contributed by atoms with Crippen molar-refractivity contribution in [2.45, 2.75) is 13.8 Å². The Morgan fingerprint density at radius 3 is 2.18 bits per heavy atom. The van der Waals surface area contributed by atoms with Crippen LogP contribution in [0.2, 0.25) is 0 Å². The molecule has 2 N–H and O–H groups in total. The van der Waals surface area contributed by atoms with Crippen molar-refractivity contribution in [1.29, 1.82) is 10.8 Å². The fourth-order valence-electron chi connectivity index (χ4n) is 1.76. The van der Waals surface area contributed by atoms with Gasteiger partial charge in [-0.3, -0.25) is 10.8 Å². The number of hydrogen-bond donors (Lipinski definition) is 2. The van der Waals surface area contributed by atoms with E-state index >= 15 is 0 Å². The van der Waals surface area contributed by atoms with Gasteiger partial charge in [-0.05, 0) is 25.0 Å². The second-order valence-corrected chi connectivity index (χ2v) is 3.79. The third-order valence-corrected chi connectivity index (χ3v) is 2.75. The second kappa shape index (κ2) is 5.21. The molecule has 0 amide bonds. The second-order valence-electron chi connectivity index (χ2n) is 3.79. The fourth-order valence-corrected chi connectivity index (χ4v) is 1.76. The Labute approximate surface area is 111 Å². The van der Waals surface area contributed by atoms with Gasteiger partial charge in [0.05, 0.1) is 0 Å². The van der Waals surface area contributed by atoms with Crippen molar-refractivity contribution >= 4 is 22.8 Å². The number of hydrogen-bond acceptors (Lipinski definition) is 2. The molecule has 3 nitrogen and oxygen atoms in total. The van der Waals surface area contributed by atoms with Gasteiger partial charge in [-0.2, -0.15) is 0 Å². The van der Waals surface area contributed by atoms with E-state index in [0.717, 1.165) is 22.4 Å². The van der Waals surface area contributed by atoms with Crippen LogP contribution in [0, 0.1) is 10.8 Å². The molecule has 4 heteroatoms. The normalized spacial score (nSPS) is 15.5. The summed E-state index contributed by atoms with van der Waals surface area (Å²) in [6.07, 6.45) is 0. The molecule has 1 heterocycles. The van der Waals surface area contributed by atoms with Crippen LogP contribution in [0.15, 0.2) is 40.9 Å². The van der Waals surface area contributed by atoms with E-state index in [1.807, 2.05) is 44.2 Å². The number of nitrogens with zero attached hydrogens (tertiary/aromatic N) is 1. The Morgan fingerprint density at radius 1 is 1.00 bits per heavy atom. The van der Waals surface area contributed by atoms with Crippen molar-refractivity contribution in [3.63, 3.8) is 0 Å². The standard InChI is InChI=1S/C13H13N3.Fe/c1-8-9(2)16-13(15)12(14)11(8)10-6-4-3-5-7-10;/h3-7,14-15H,1-2H3;. The van der Waals surface area contributed by atoms with Crippen molar-refractivity contribution in [2.75, 3.05) is 0 Å². The number of amidine groups is 1. The third kappa shape index (κ3) is 2.43. The van der Waals surface area contributed by atoms with E-state index in [2.05, 4.69) is 4.99 Å². The first-order chi connectivity index (χ1) is 7.61. The Kier molecular flexibility index (Phi) is 4.16. The van der Waals surface area contributed by atoms with Crippen LogP contribution in [0.1, 0.15) is 19.4 Å². The predicted molar refractivity (Wildman–Crippen MR) is 67.6 cm³/mol. The first kappa shape index (κ1) is 13.6. The largest absolute Gasteiger partial charge is 0.296 e. The molecule has 0 saturated heterocycles. The molecule has 0 saturated carbocycles.